The van der Waals surface area contributed by atoms with Crippen molar-refractivity contribution in [2.45, 2.75) is 45.7 Å². The molecule has 2 aromatic rings. The highest BCUT2D eigenvalue weighted by Crippen LogP contribution is 2.34. The second-order valence-corrected chi connectivity index (χ2v) is 8.12. The molecular weight excluding hydrogens is 346 g/mol. The number of hydrogen-bond donors (Lipinski definition) is 2. The van der Waals surface area contributed by atoms with Crippen LogP contribution < -0.4 is 10.6 Å². The summed E-state index contributed by atoms with van der Waals surface area (Å²) in [4.78, 5) is 27.8. The van der Waals surface area contributed by atoms with Crippen LogP contribution in [-0.4, -0.2) is 28.9 Å². The first kappa shape index (κ1) is 18.5. The summed E-state index contributed by atoms with van der Waals surface area (Å²) in [7, 11) is 0. The van der Waals surface area contributed by atoms with Crippen molar-refractivity contribution in [3.05, 3.63) is 47.3 Å². The Morgan fingerprint density at radius 1 is 1.04 bits per heavy atom. The maximum Gasteiger partial charge on any atom is 0.324 e. The van der Waals surface area contributed by atoms with Crippen molar-refractivity contribution in [2.24, 2.45) is 5.92 Å². The zero-order valence-corrected chi connectivity index (χ0v) is 16.2. The molecule has 1 aliphatic rings. The minimum absolute atomic E-state index is 0.0650. The molecule has 0 bridgehead atoms. The van der Waals surface area contributed by atoms with Crippen LogP contribution in [0.3, 0.4) is 0 Å². The summed E-state index contributed by atoms with van der Waals surface area (Å²) in [6.45, 7) is 6.40. The molecular formula is C20H25N3O2S. The summed E-state index contributed by atoms with van der Waals surface area (Å²) >= 11 is 1.32. The van der Waals surface area contributed by atoms with E-state index in [0.717, 1.165) is 18.5 Å². The van der Waals surface area contributed by atoms with Gasteiger partial charge in [0.05, 0.1) is 9.88 Å². The third kappa shape index (κ3) is 4.43. The molecule has 138 valence electrons. The molecule has 6 heteroatoms. The van der Waals surface area contributed by atoms with Crippen molar-refractivity contribution < 1.29 is 9.59 Å². The van der Waals surface area contributed by atoms with E-state index in [0.29, 0.717) is 21.8 Å². The molecule has 1 aliphatic carbocycles. The van der Waals surface area contributed by atoms with Crippen molar-refractivity contribution in [2.75, 3.05) is 10.6 Å². The third-order valence-corrected chi connectivity index (χ3v) is 5.65. The first-order valence-corrected chi connectivity index (χ1v) is 9.83. The molecule has 1 heterocycles. The summed E-state index contributed by atoms with van der Waals surface area (Å²) < 4.78 is 0. The number of anilines is 2. The minimum Gasteiger partial charge on any atom is -0.332 e. The van der Waals surface area contributed by atoms with Gasteiger partial charge < -0.3 is 10.2 Å². The van der Waals surface area contributed by atoms with Gasteiger partial charge in [-0.1, -0.05) is 32.0 Å². The van der Waals surface area contributed by atoms with Crippen LogP contribution in [0.1, 0.15) is 43.3 Å². The standard InChI is InChI=1S/C20H25N3O2S/c1-13(2)14(3)23(16-9-10-16)19(24)17-11-12-18(26-17)22-20(25)21-15-7-5-4-6-8-15/h4-8,11-14,16H,9-10H2,1-3H3,(H2,21,22,25). The Balaban J connectivity index is 1.65. The molecule has 5 nitrogen and oxygen atoms in total. The van der Waals surface area contributed by atoms with Gasteiger partial charge in [0.1, 0.15) is 0 Å². The van der Waals surface area contributed by atoms with Gasteiger partial charge in [-0.05, 0) is 49.9 Å². The van der Waals surface area contributed by atoms with Gasteiger partial charge in [-0.3, -0.25) is 10.1 Å². The molecule has 26 heavy (non-hydrogen) atoms. The lowest BCUT2D eigenvalue weighted by molar-refractivity contribution is 0.0633. The van der Waals surface area contributed by atoms with E-state index in [9.17, 15) is 9.59 Å². The predicted molar refractivity (Wildman–Crippen MR) is 107 cm³/mol. The fourth-order valence-electron chi connectivity index (χ4n) is 2.80. The molecule has 2 N–H and O–H groups in total. The number of amides is 3. The molecule has 1 saturated carbocycles. The van der Waals surface area contributed by atoms with Gasteiger partial charge in [0.25, 0.3) is 5.91 Å². The van der Waals surface area contributed by atoms with Crippen molar-refractivity contribution in [1.29, 1.82) is 0 Å². The van der Waals surface area contributed by atoms with Crippen LogP contribution in [0.25, 0.3) is 0 Å². The van der Waals surface area contributed by atoms with E-state index in [2.05, 4.69) is 31.4 Å². The fraction of sp³-hybridized carbons (Fsp3) is 0.400. The Kier molecular flexibility index (Phi) is 5.61. The largest absolute Gasteiger partial charge is 0.332 e. The number of nitrogens with zero attached hydrogens (tertiary/aromatic N) is 1. The Bertz CT molecular complexity index is 768. The first-order valence-electron chi connectivity index (χ1n) is 9.01. The van der Waals surface area contributed by atoms with Crippen LogP contribution >= 0.6 is 11.3 Å². The summed E-state index contributed by atoms with van der Waals surface area (Å²) in [6.07, 6.45) is 2.16. The topological polar surface area (TPSA) is 61.4 Å². The smallest absolute Gasteiger partial charge is 0.324 e. The Hall–Kier alpha value is -2.34. The van der Waals surface area contributed by atoms with E-state index in [1.165, 1.54) is 11.3 Å². The molecule has 3 rings (SSSR count). The van der Waals surface area contributed by atoms with Crippen LogP contribution in [0.4, 0.5) is 15.5 Å². The van der Waals surface area contributed by atoms with E-state index in [-0.39, 0.29) is 18.0 Å². The third-order valence-electron chi connectivity index (χ3n) is 4.66. The number of rotatable bonds is 6. The molecule has 3 amide bonds. The zero-order valence-electron chi connectivity index (χ0n) is 15.4. The Morgan fingerprint density at radius 3 is 2.35 bits per heavy atom. The van der Waals surface area contributed by atoms with Crippen LogP contribution in [0, 0.1) is 5.92 Å². The SMILES string of the molecule is CC(C)C(C)N(C(=O)c1ccc(NC(=O)Nc2ccccc2)s1)C1CC1. The molecule has 0 aliphatic heterocycles. The summed E-state index contributed by atoms with van der Waals surface area (Å²) in [5.74, 6) is 0.476. The lowest BCUT2D eigenvalue weighted by Gasteiger charge is -2.31. The molecule has 0 saturated heterocycles. The van der Waals surface area contributed by atoms with Gasteiger partial charge in [0.2, 0.25) is 0 Å². The van der Waals surface area contributed by atoms with Crippen molar-refractivity contribution in [1.82, 2.24) is 4.90 Å². The first-order chi connectivity index (χ1) is 12.5. The quantitative estimate of drug-likeness (QED) is 0.747. The van der Waals surface area contributed by atoms with E-state index >= 15 is 0 Å². The summed E-state index contributed by atoms with van der Waals surface area (Å²) in [6, 6.07) is 13.1. The predicted octanol–water partition coefficient (Wildman–Crippen LogP) is 5.04. The number of thiophene rings is 1. The van der Waals surface area contributed by atoms with E-state index in [1.54, 1.807) is 12.1 Å². The van der Waals surface area contributed by atoms with Crippen molar-refractivity contribution in [3.63, 3.8) is 0 Å². The number of hydrogen-bond acceptors (Lipinski definition) is 3. The molecule has 0 spiro atoms. The lowest BCUT2D eigenvalue weighted by atomic mass is 10.0. The normalized spacial score (nSPS) is 14.8. The molecule has 1 fully saturated rings. The van der Waals surface area contributed by atoms with E-state index < -0.39 is 0 Å². The number of carbonyl (C=O) groups is 2. The molecule has 1 atom stereocenters. The molecule has 1 aromatic carbocycles. The fourth-order valence-corrected chi connectivity index (χ4v) is 3.65. The van der Waals surface area contributed by atoms with E-state index in [4.69, 9.17) is 0 Å². The highest BCUT2D eigenvalue weighted by atomic mass is 32.1. The van der Waals surface area contributed by atoms with Gasteiger partial charge in [-0.25, -0.2) is 4.79 Å². The van der Waals surface area contributed by atoms with Gasteiger partial charge in [-0.2, -0.15) is 0 Å². The number of para-hydroxylation sites is 1. The van der Waals surface area contributed by atoms with Crippen LogP contribution in [-0.2, 0) is 0 Å². The van der Waals surface area contributed by atoms with Crippen LogP contribution in [0.15, 0.2) is 42.5 Å². The lowest BCUT2D eigenvalue weighted by Crippen LogP contribution is -2.42. The molecule has 1 unspecified atom stereocenters. The van der Waals surface area contributed by atoms with Crippen molar-refractivity contribution >= 4 is 34.0 Å². The maximum absolute atomic E-state index is 13.0. The summed E-state index contributed by atoms with van der Waals surface area (Å²) in [5, 5.41) is 6.24. The number of carbonyl (C=O) groups excluding carboxylic acids is 2. The Labute approximate surface area is 158 Å². The second-order valence-electron chi connectivity index (χ2n) is 7.04. The minimum atomic E-state index is -0.313. The van der Waals surface area contributed by atoms with E-state index in [1.807, 2.05) is 35.2 Å². The average molecular weight is 372 g/mol. The monoisotopic (exact) mass is 371 g/mol. The maximum atomic E-state index is 13.0. The average Bonchev–Trinajstić information content (AvgIpc) is 3.33. The highest BCUT2D eigenvalue weighted by molar-refractivity contribution is 7.18. The van der Waals surface area contributed by atoms with Crippen molar-refractivity contribution in [3.8, 4) is 0 Å². The second kappa shape index (κ2) is 7.91. The molecule has 0 radical (unpaired) electrons. The van der Waals surface area contributed by atoms with Gasteiger partial charge in [0.15, 0.2) is 0 Å². The number of benzene rings is 1. The van der Waals surface area contributed by atoms with Crippen LogP contribution in [0.5, 0.6) is 0 Å². The zero-order chi connectivity index (χ0) is 18.7. The number of urea groups is 1. The summed E-state index contributed by atoms with van der Waals surface area (Å²) in [5.41, 5.74) is 0.725. The molecule has 1 aromatic heterocycles. The van der Waals surface area contributed by atoms with Crippen LogP contribution in [0.2, 0.25) is 0 Å². The highest BCUT2D eigenvalue weighted by Gasteiger charge is 2.37. The van der Waals surface area contributed by atoms with Gasteiger partial charge in [0, 0.05) is 17.8 Å². The van der Waals surface area contributed by atoms with Gasteiger partial charge >= 0.3 is 6.03 Å². The van der Waals surface area contributed by atoms with Gasteiger partial charge in [-0.15, -0.1) is 11.3 Å². The Morgan fingerprint density at radius 2 is 1.73 bits per heavy atom. The number of nitrogens with one attached hydrogen (secondary N) is 2.